The summed E-state index contributed by atoms with van der Waals surface area (Å²) in [5.41, 5.74) is 5.05. The molecule has 1 aliphatic rings. The molecule has 4 aromatic rings. The Morgan fingerprint density at radius 2 is 1.92 bits per heavy atom. The van der Waals surface area contributed by atoms with E-state index < -0.39 is 0 Å². The van der Waals surface area contributed by atoms with E-state index >= 15 is 0 Å². The summed E-state index contributed by atoms with van der Waals surface area (Å²) in [4.78, 5) is 20.5. The number of aryl methyl sites for hydroxylation is 1. The number of hydrogen-bond acceptors (Lipinski definition) is 7. The van der Waals surface area contributed by atoms with Crippen molar-refractivity contribution in [3.63, 3.8) is 0 Å². The van der Waals surface area contributed by atoms with Gasteiger partial charge in [0.2, 0.25) is 5.91 Å². The van der Waals surface area contributed by atoms with E-state index in [1.54, 1.807) is 34.4 Å². The van der Waals surface area contributed by atoms with Crippen molar-refractivity contribution in [1.29, 1.82) is 5.26 Å². The number of anilines is 1. The standard InChI is InChI=1S/C26H29N9O/c1-32(2)25(36)15-28-22-6-8-34(9-7-22)24-5-4-18(12-29-24)23-10-19(21-14-30-33(3)16-21)17-35-26(23)20(11-27)13-31-35/h4-5,10,12-14,16-17,22,28H,6-9,15H2,1-3H3. The second-order valence-corrected chi connectivity index (χ2v) is 9.34. The maximum Gasteiger partial charge on any atom is 0.236 e. The Kier molecular flexibility index (Phi) is 6.40. The van der Waals surface area contributed by atoms with Crippen LogP contribution in [0.1, 0.15) is 18.4 Å². The van der Waals surface area contributed by atoms with Crippen molar-refractivity contribution in [2.45, 2.75) is 18.9 Å². The quantitative estimate of drug-likeness (QED) is 0.448. The van der Waals surface area contributed by atoms with Gasteiger partial charge in [-0.2, -0.15) is 15.5 Å². The summed E-state index contributed by atoms with van der Waals surface area (Å²) in [6, 6.07) is 8.75. The molecule has 36 heavy (non-hydrogen) atoms. The summed E-state index contributed by atoms with van der Waals surface area (Å²) in [6.45, 7) is 2.13. The zero-order chi connectivity index (χ0) is 25.2. The molecule has 1 aliphatic heterocycles. The molecule has 5 rings (SSSR count). The minimum atomic E-state index is 0.0918. The largest absolute Gasteiger partial charge is 0.357 e. The molecule has 10 heteroatoms. The predicted molar refractivity (Wildman–Crippen MR) is 137 cm³/mol. The van der Waals surface area contributed by atoms with Crippen LogP contribution in [0.15, 0.2) is 49.2 Å². The Morgan fingerprint density at radius 3 is 2.56 bits per heavy atom. The topological polar surface area (TPSA) is 107 Å². The fraction of sp³-hybridized carbons (Fsp3) is 0.346. The third kappa shape index (κ3) is 4.65. The summed E-state index contributed by atoms with van der Waals surface area (Å²) in [7, 11) is 5.43. The highest BCUT2D eigenvalue weighted by Crippen LogP contribution is 2.32. The normalized spacial score (nSPS) is 14.2. The van der Waals surface area contributed by atoms with Crippen molar-refractivity contribution in [2.24, 2.45) is 7.05 Å². The molecule has 0 bridgehead atoms. The number of fused-ring (bicyclic) bond motifs is 1. The Hall–Kier alpha value is -4.23. The third-order valence-corrected chi connectivity index (χ3v) is 6.69. The molecule has 184 valence electrons. The summed E-state index contributed by atoms with van der Waals surface area (Å²) in [5, 5.41) is 21.7. The van der Waals surface area contributed by atoms with Gasteiger partial charge in [-0.1, -0.05) is 0 Å². The molecule has 0 unspecified atom stereocenters. The summed E-state index contributed by atoms with van der Waals surface area (Å²) < 4.78 is 3.51. The fourth-order valence-corrected chi connectivity index (χ4v) is 4.59. The first-order valence-corrected chi connectivity index (χ1v) is 12.0. The van der Waals surface area contributed by atoms with E-state index in [0.717, 1.165) is 59.5 Å². The number of pyridine rings is 2. The Bertz CT molecular complexity index is 1420. The van der Waals surface area contributed by atoms with Crippen LogP contribution in [0.2, 0.25) is 0 Å². The molecule has 0 atom stereocenters. The average molecular weight is 484 g/mol. The first-order chi connectivity index (χ1) is 17.4. The molecule has 1 amide bonds. The molecule has 0 saturated carbocycles. The number of piperidine rings is 1. The van der Waals surface area contributed by atoms with Crippen LogP contribution in [-0.2, 0) is 11.8 Å². The number of carbonyl (C=O) groups is 1. The SMILES string of the molecule is CN(C)C(=O)CNC1CCN(c2ccc(-c3cc(-c4cnn(C)c4)cn4ncc(C#N)c34)cn2)CC1. The van der Waals surface area contributed by atoms with Crippen LogP contribution < -0.4 is 10.2 Å². The number of carbonyl (C=O) groups excluding carboxylic acids is 1. The number of nitrogens with zero attached hydrogens (tertiary/aromatic N) is 8. The van der Waals surface area contributed by atoms with Gasteiger partial charge in [0.1, 0.15) is 11.9 Å². The highest BCUT2D eigenvalue weighted by Gasteiger charge is 2.21. The van der Waals surface area contributed by atoms with Crippen molar-refractivity contribution in [3.05, 3.63) is 54.7 Å². The van der Waals surface area contributed by atoms with Gasteiger partial charge in [0.05, 0.1) is 30.0 Å². The summed E-state index contributed by atoms with van der Waals surface area (Å²) in [6.07, 6.45) is 11.1. The molecule has 4 aromatic heterocycles. The number of hydrogen-bond donors (Lipinski definition) is 1. The number of amides is 1. The van der Waals surface area contributed by atoms with Gasteiger partial charge in [-0.15, -0.1) is 0 Å². The molecule has 0 radical (unpaired) electrons. The maximum absolute atomic E-state index is 11.8. The number of nitrogens with one attached hydrogen (secondary N) is 1. The summed E-state index contributed by atoms with van der Waals surface area (Å²) >= 11 is 0. The molecule has 5 heterocycles. The van der Waals surface area contributed by atoms with Crippen molar-refractivity contribution >= 4 is 17.2 Å². The fourth-order valence-electron chi connectivity index (χ4n) is 4.59. The first-order valence-electron chi connectivity index (χ1n) is 12.0. The van der Waals surface area contributed by atoms with Crippen LogP contribution in [0.5, 0.6) is 0 Å². The lowest BCUT2D eigenvalue weighted by atomic mass is 10.0. The third-order valence-electron chi connectivity index (χ3n) is 6.69. The number of nitriles is 1. The number of rotatable bonds is 6. The van der Waals surface area contributed by atoms with Gasteiger partial charge in [-0.25, -0.2) is 9.50 Å². The van der Waals surface area contributed by atoms with Crippen LogP contribution >= 0.6 is 0 Å². The molecule has 1 N–H and O–H groups in total. The van der Waals surface area contributed by atoms with E-state index in [9.17, 15) is 10.1 Å². The zero-order valence-corrected chi connectivity index (χ0v) is 20.7. The van der Waals surface area contributed by atoms with Crippen LogP contribution in [-0.4, -0.2) is 75.0 Å². The van der Waals surface area contributed by atoms with Crippen LogP contribution in [0.4, 0.5) is 5.82 Å². The van der Waals surface area contributed by atoms with Crippen molar-refractivity contribution in [1.82, 2.24) is 34.6 Å². The Balaban J connectivity index is 1.36. The highest BCUT2D eigenvalue weighted by molar-refractivity contribution is 5.87. The van der Waals surface area contributed by atoms with Crippen molar-refractivity contribution in [2.75, 3.05) is 38.6 Å². The lowest BCUT2D eigenvalue weighted by Gasteiger charge is -2.33. The number of likely N-dealkylation sites (N-methyl/N-ethyl adjacent to an activating group) is 1. The van der Waals surface area contributed by atoms with E-state index in [1.807, 2.05) is 37.9 Å². The summed E-state index contributed by atoms with van der Waals surface area (Å²) in [5.74, 6) is 1.02. The van der Waals surface area contributed by atoms with Gasteiger partial charge in [0, 0.05) is 81.1 Å². The van der Waals surface area contributed by atoms with Crippen LogP contribution in [0.3, 0.4) is 0 Å². The van der Waals surface area contributed by atoms with Gasteiger partial charge in [0.15, 0.2) is 0 Å². The molecule has 1 saturated heterocycles. The minimum Gasteiger partial charge on any atom is -0.357 e. The van der Waals surface area contributed by atoms with E-state index in [-0.39, 0.29) is 5.91 Å². The molecule has 0 spiro atoms. The lowest BCUT2D eigenvalue weighted by Crippen LogP contribution is -2.45. The van der Waals surface area contributed by atoms with Gasteiger partial charge in [0.25, 0.3) is 0 Å². The Morgan fingerprint density at radius 1 is 1.11 bits per heavy atom. The van der Waals surface area contributed by atoms with Gasteiger partial charge < -0.3 is 15.1 Å². The van der Waals surface area contributed by atoms with E-state index in [0.29, 0.717) is 18.2 Å². The molecule has 10 nitrogen and oxygen atoms in total. The number of aromatic nitrogens is 5. The van der Waals surface area contributed by atoms with Gasteiger partial charge in [-0.05, 0) is 31.0 Å². The molecular weight excluding hydrogens is 454 g/mol. The van der Waals surface area contributed by atoms with Crippen LogP contribution in [0.25, 0.3) is 27.8 Å². The first kappa shape index (κ1) is 23.5. The average Bonchev–Trinajstić information content (AvgIpc) is 3.53. The van der Waals surface area contributed by atoms with Crippen molar-refractivity contribution < 1.29 is 4.79 Å². The second kappa shape index (κ2) is 9.79. The van der Waals surface area contributed by atoms with E-state index in [4.69, 9.17) is 4.98 Å². The predicted octanol–water partition coefficient (Wildman–Crippen LogP) is 2.32. The van der Waals surface area contributed by atoms with Crippen molar-refractivity contribution in [3.8, 4) is 28.3 Å². The smallest absolute Gasteiger partial charge is 0.236 e. The lowest BCUT2D eigenvalue weighted by molar-refractivity contribution is -0.127. The van der Waals surface area contributed by atoms with E-state index in [2.05, 4.69) is 38.6 Å². The van der Waals surface area contributed by atoms with E-state index in [1.165, 1.54) is 0 Å². The van der Waals surface area contributed by atoms with Crippen LogP contribution in [0, 0.1) is 11.3 Å². The molecule has 0 aliphatic carbocycles. The monoisotopic (exact) mass is 483 g/mol. The molecule has 1 fully saturated rings. The van der Waals surface area contributed by atoms with Gasteiger partial charge in [-0.3, -0.25) is 9.48 Å². The maximum atomic E-state index is 11.8. The highest BCUT2D eigenvalue weighted by atomic mass is 16.2. The zero-order valence-electron chi connectivity index (χ0n) is 20.7. The molecule has 0 aromatic carbocycles. The second-order valence-electron chi connectivity index (χ2n) is 9.34. The molecular formula is C26H29N9O. The Labute approximate surface area is 209 Å². The van der Waals surface area contributed by atoms with Gasteiger partial charge >= 0.3 is 0 Å². The minimum absolute atomic E-state index is 0.0918.